The summed E-state index contributed by atoms with van der Waals surface area (Å²) in [4.78, 5) is 0. The molecule has 0 fully saturated rings. The van der Waals surface area contributed by atoms with E-state index < -0.39 is 15.8 Å². The Bertz CT molecular complexity index is 2780. The summed E-state index contributed by atoms with van der Waals surface area (Å²) in [5.41, 5.74) is 6.38. The zero-order chi connectivity index (χ0) is 40.6. The maximum absolute atomic E-state index is 7.16. The van der Waals surface area contributed by atoms with Gasteiger partial charge in [0.1, 0.15) is 37.1 Å². The molecule has 0 aliphatic carbocycles. The van der Waals surface area contributed by atoms with Gasteiger partial charge in [0.15, 0.2) is 5.90 Å². The zero-order valence-corrected chi connectivity index (χ0v) is 40.2. The molecule has 61 heavy (non-hydrogen) atoms. The summed E-state index contributed by atoms with van der Waals surface area (Å²) >= 11 is 0. The maximum Gasteiger partial charge on any atom is 1.00 e. The Labute approximate surface area is 393 Å². The van der Waals surface area contributed by atoms with E-state index in [0.717, 1.165) is 22.2 Å². The van der Waals surface area contributed by atoms with Crippen LogP contribution in [-0.2, 0) is 58.9 Å². The summed E-state index contributed by atoms with van der Waals surface area (Å²) < 4.78 is 4.32. The van der Waals surface area contributed by atoms with E-state index in [1.807, 2.05) is 36.4 Å². The van der Waals surface area contributed by atoms with Crippen LogP contribution in [0.3, 0.4) is 0 Å². The number of nitrogens with zero attached hydrogens (tertiary/aromatic N) is 2. The molecule has 10 rings (SSSR count). The Hall–Kier alpha value is -5.18. The van der Waals surface area contributed by atoms with Crippen molar-refractivity contribution in [2.24, 2.45) is 14.1 Å². The van der Waals surface area contributed by atoms with Crippen LogP contribution in [0.25, 0.3) is 43.6 Å². The number of hydrogen-bond acceptors (Lipinski definition) is 0. The Balaban J connectivity index is 0.000000159. The quantitative estimate of drug-likeness (QED) is 0.0680. The summed E-state index contributed by atoms with van der Waals surface area (Å²) in [5, 5.41) is 11.0. The molecule has 0 amide bonds. The van der Waals surface area contributed by atoms with Gasteiger partial charge in [-0.2, -0.15) is 0 Å². The smallest absolute Gasteiger partial charge is 0.366 e. The van der Waals surface area contributed by atoms with E-state index in [0.29, 0.717) is 0 Å². The van der Waals surface area contributed by atoms with Crippen LogP contribution < -0.4 is 21.2 Å². The van der Waals surface area contributed by atoms with Gasteiger partial charge in [-0.15, -0.1) is 35.4 Å². The van der Waals surface area contributed by atoms with Crippen LogP contribution in [0.1, 0.15) is 11.1 Å². The van der Waals surface area contributed by atoms with Gasteiger partial charge in [0.2, 0.25) is 0 Å². The van der Waals surface area contributed by atoms with Crippen molar-refractivity contribution in [2.75, 3.05) is 5.90 Å². The van der Waals surface area contributed by atoms with Crippen LogP contribution in [0, 0.1) is 24.7 Å². The molecule has 10 aromatic rings. The second-order valence-corrected chi connectivity index (χ2v) is 20.1. The van der Waals surface area contributed by atoms with Gasteiger partial charge in [-0.3, -0.25) is 11.8 Å². The molecule has 0 atom stereocenters. The van der Waals surface area contributed by atoms with Crippen molar-refractivity contribution in [3.05, 3.63) is 230 Å². The maximum atomic E-state index is 7.16. The van der Waals surface area contributed by atoms with Crippen LogP contribution in [0.5, 0.6) is 0 Å². The molecule has 0 aliphatic rings. The molecule has 0 saturated carbocycles. The predicted octanol–water partition coefficient (Wildman–Crippen LogP) is 11.2. The van der Waals surface area contributed by atoms with Gasteiger partial charge in [-0.1, -0.05) is 121 Å². The van der Waals surface area contributed by atoms with E-state index in [1.54, 1.807) is 0 Å². The molecule has 2 heterocycles. The first-order valence-corrected chi connectivity index (χ1v) is 23.2. The van der Waals surface area contributed by atoms with Crippen LogP contribution >= 0.6 is 15.8 Å². The second-order valence-electron chi connectivity index (χ2n) is 14.5. The molecular formula is C55H44Au2N2P2+2. The predicted molar refractivity (Wildman–Crippen MR) is 259 cm³/mol. The fourth-order valence-electron chi connectivity index (χ4n) is 7.95. The van der Waals surface area contributed by atoms with Crippen LogP contribution in [0.15, 0.2) is 206 Å². The number of para-hydroxylation sites is 2. The molecule has 8 aromatic carbocycles. The molecule has 0 aliphatic heterocycles. The summed E-state index contributed by atoms with van der Waals surface area (Å²) in [6.45, 7) is 0. The van der Waals surface area contributed by atoms with E-state index in [4.69, 9.17) is 12.8 Å². The summed E-state index contributed by atoms with van der Waals surface area (Å²) in [6.07, 6.45) is 14.3. The fourth-order valence-corrected chi connectivity index (χ4v) is 15.7. The molecular weight excluding hydrogens is 1140 g/mol. The van der Waals surface area contributed by atoms with Crippen molar-refractivity contribution < 1.29 is 44.8 Å². The van der Waals surface area contributed by atoms with Gasteiger partial charge in [0.25, 0.3) is 0 Å². The number of aromatic nitrogens is 2. The molecule has 2 aromatic heterocycles. The Morgan fingerprint density at radius 2 is 0.639 bits per heavy atom. The molecule has 6 heteroatoms. The van der Waals surface area contributed by atoms with E-state index >= 15 is 0 Å². The van der Waals surface area contributed by atoms with E-state index in [9.17, 15) is 0 Å². The monoisotopic (exact) mass is 1190 g/mol. The van der Waals surface area contributed by atoms with Gasteiger partial charge < -0.3 is 22.0 Å². The Morgan fingerprint density at radius 1 is 0.361 bits per heavy atom. The minimum atomic E-state index is -0.847. The molecule has 0 radical (unpaired) electrons. The standard InChI is InChI=1S/C25H22P2.2C15H10N.2Au/c1-5-13-22(14-6-1)26(23-15-7-2-8-16-23)21-27(24-17-9-3-10-18-24)25-19-11-4-12-20-25;2*1-3-11-8-9-13-12-6-4-5-7-14(12)16(2)15(13)10-11;;/h1-20H,21H2;2*4-10H,2H3;;/q;2*-1;2*+1/p+2. The molecule has 0 saturated heterocycles. The SMILES string of the molecule is [Au+].[Au+].[C-]#Cc1ccc2c3ccccc3n(C)c2c1.[C-]#Cc1ccc2c3ccccc3n(C)c2c1.c1ccc([PH+](C[PH+](c2ccccc2)c2ccccc2)c2ccccc2)cc1. The molecule has 0 spiro atoms. The molecule has 0 bridgehead atoms. The van der Waals surface area contributed by atoms with Gasteiger partial charge in [0, 0.05) is 57.7 Å². The zero-order valence-electron chi connectivity index (χ0n) is 33.8. The first kappa shape index (κ1) is 45.4. The second kappa shape index (κ2) is 21.6. The van der Waals surface area contributed by atoms with E-state index in [1.165, 1.54) is 59.7 Å². The molecule has 2 nitrogen and oxygen atoms in total. The molecule has 0 N–H and O–H groups in total. The topological polar surface area (TPSA) is 9.86 Å². The summed E-state index contributed by atoms with van der Waals surface area (Å²) in [5.74, 6) is 6.10. The summed E-state index contributed by atoms with van der Waals surface area (Å²) in [7, 11) is 2.41. The van der Waals surface area contributed by atoms with E-state index in [-0.39, 0.29) is 44.8 Å². The molecule has 0 unspecified atom stereocenters. The molecule has 304 valence electrons. The van der Waals surface area contributed by atoms with Crippen molar-refractivity contribution in [3.8, 4) is 11.8 Å². The normalized spacial score (nSPS) is 10.5. The van der Waals surface area contributed by atoms with Crippen molar-refractivity contribution >= 4 is 80.7 Å². The van der Waals surface area contributed by atoms with E-state index in [2.05, 4.69) is 205 Å². The van der Waals surface area contributed by atoms with Crippen molar-refractivity contribution in [2.45, 2.75) is 0 Å². The average Bonchev–Trinajstić information content (AvgIpc) is 3.77. The van der Waals surface area contributed by atoms with Crippen LogP contribution in [0.4, 0.5) is 0 Å². The van der Waals surface area contributed by atoms with Crippen LogP contribution in [0.2, 0.25) is 0 Å². The third-order valence-electron chi connectivity index (χ3n) is 11.0. The fraction of sp³-hybridized carbons (Fsp3) is 0.0545. The number of hydrogen-bond donors (Lipinski definition) is 0. The average molecular weight is 1190 g/mol. The number of benzene rings is 8. The first-order valence-electron chi connectivity index (χ1n) is 19.8. The number of rotatable bonds is 6. The van der Waals surface area contributed by atoms with Gasteiger partial charge in [0.05, 0.1) is 0 Å². The summed E-state index contributed by atoms with van der Waals surface area (Å²) in [6, 6.07) is 73.1. The Kier molecular flexibility index (Phi) is 16.0. The van der Waals surface area contributed by atoms with Gasteiger partial charge in [-0.05, 0) is 60.7 Å². The Morgan fingerprint density at radius 3 is 0.951 bits per heavy atom. The minimum Gasteiger partial charge on any atom is -0.366 e. The third kappa shape index (κ3) is 10.1. The number of aryl methyl sites for hydroxylation is 2. The van der Waals surface area contributed by atoms with Crippen molar-refractivity contribution in [1.29, 1.82) is 0 Å². The van der Waals surface area contributed by atoms with Crippen LogP contribution in [-0.4, -0.2) is 15.0 Å². The largest absolute Gasteiger partial charge is 1.00 e. The third-order valence-corrected chi connectivity index (χ3v) is 17.9. The van der Waals surface area contributed by atoms with Crippen molar-refractivity contribution in [1.82, 2.24) is 9.13 Å². The minimum absolute atomic E-state index is 0. The van der Waals surface area contributed by atoms with Gasteiger partial charge >= 0.3 is 44.8 Å². The number of fused-ring (bicyclic) bond motifs is 6. The first-order chi connectivity index (χ1) is 29.0. The van der Waals surface area contributed by atoms with Crippen molar-refractivity contribution in [3.63, 3.8) is 0 Å². The van der Waals surface area contributed by atoms with Gasteiger partial charge in [-0.25, -0.2) is 0 Å².